The number of rotatable bonds is 4. The van der Waals surface area contributed by atoms with Crippen molar-refractivity contribution in [3.63, 3.8) is 0 Å². The first kappa shape index (κ1) is 10.4. The number of carbonyl (C=O) groups is 1. The molecule has 0 saturated carbocycles. The summed E-state index contributed by atoms with van der Waals surface area (Å²) in [6.45, 7) is 3.18. The number of carboxylic acid groups (broad SMARTS) is 1. The number of aliphatic carboxylic acids is 1. The predicted octanol–water partition coefficient (Wildman–Crippen LogP) is -0.879. The van der Waals surface area contributed by atoms with Crippen molar-refractivity contribution in [1.29, 1.82) is 0 Å². The molecule has 0 radical (unpaired) electrons. The summed E-state index contributed by atoms with van der Waals surface area (Å²) in [4.78, 5) is 12.4. The van der Waals surface area contributed by atoms with Crippen molar-refractivity contribution in [1.82, 2.24) is 4.90 Å². The molecule has 0 aromatic carbocycles. The Hall–Kier alpha value is -0.650. The molecule has 3 N–H and O–H groups in total. The highest BCUT2D eigenvalue weighted by Crippen LogP contribution is 2.05. The zero-order valence-corrected chi connectivity index (χ0v) is 7.61. The number of hydrogen-bond acceptors (Lipinski definition) is 4. The van der Waals surface area contributed by atoms with Gasteiger partial charge in [0.05, 0.1) is 19.6 Å². The lowest BCUT2D eigenvalue weighted by molar-refractivity contribution is -0.137. The van der Waals surface area contributed by atoms with Crippen LogP contribution in [0.1, 0.15) is 6.42 Å². The molecule has 1 aliphatic rings. The van der Waals surface area contributed by atoms with Crippen molar-refractivity contribution >= 4 is 5.97 Å². The van der Waals surface area contributed by atoms with Gasteiger partial charge in [0.25, 0.3) is 0 Å². The fraction of sp³-hybridized carbons (Fsp3) is 0.875. The van der Waals surface area contributed by atoms with E-state index in [1.165, 1.54) is 0 Å². The summed E-state index contributed by atoms with van der Waals surface area (Å²) in [5.41, 5.74) is 5.53. The van der Waals surface area contributed by atoms with Gasteiger partial charge in [-0.1, -0.05) is 0 Å². The molecule has 1 rings (SSSR count). The zero-order valence-electron chi connectivity index (χ0n) is 7.61. The third kappa shape index (κ3) is 3.30. The van der Waals surface area contributed by atoms with Crippen LogP contribution in [0.25, 0.3) is 0 Å². The number of carboxylic acids is 1. The summed E-state index contributed by atoms with van der Waals surface area (Å²) in [5, 5.41) is 8.51. The van der Waals surface area contributed by atoms with E-state index in [0.29, 0.717) is 26.3 Å². The molecule has 1 heterocycles. The van der Waals surface area contributed by atoms with Gasteiger partial charge in [-0.2, -0.15) is 0 Å². The maximum Gasteiger partial charge on any atom is 0.304 e. The molecule has 1 fully saturated rings. The van der Waals surface area contributed by atoms with Gasteiger partial charge in [-0.3, -0.25) is 9.69 Å². The van der Waals surface area contributed by atoms with Crippen LogP contribution >= 0.6 is 0 Å². The Kier molecular flexibility index (Phi) is 4.14. The summed E-state index contributed by atoms with van der Waals surface area (Å²) in [6.07, 6.45) is 0.177. The molecule has 5 nitrogen and oxygen atoms in total. The second kappa shape index (κ2) is 5.16. The highest BCUT2D eigenvalue weighted by Gasteiger charge is 2.21. The first-order valence-electron chi connectivity index (χ1n) is 4.47. The number of hydrogen-bond donors (Lipinski definition) is 2. The summed E-state index contributed by atoms with van der Waals surface area (Å²) in [5.74, 6) is -0.762. The molecule has 5 heteroatoms. The second-order valence-corrected chi connectivity index (χ2v) is 3.14. The number of nitrogens with two attached hydrogens (primary N) is 1. The molecular formula is C8H16N2O3. The highest BCUT2D eigenvalue weighted by atomic mass is 16.5. The van der Waals surface area contributed by atoms with E-state index >= 15 is 0 Å². The van der Waals surface area contributed by atoms with E-state index in [0.717, 1.165) is 6.54 Å². The van der Waals surface area contributed by atoms with Gasteiger partial charge in [-0.25, -0.2) is 0 Å². The van der Waals surface area contributed by atoms with Crippen molar-refractivity contribution in [3.05, 3.63) is 0 Å². The van der Waals surface area contributed by atoms with Crippen LogP contribution in [-0.2, 0) is 9.53 Å². The molecule has 0 aromatic rings. The number of nitrogens with zero attached hydrogens (tertiary/aromatic N) is 1. The standard InChI is InChI=1S/C8H16N2O3/c9-5-7-6-13-4-3-10(7)2-1-8(11)12/h7H,1-6,9H2,(H,11,12)/t7-/m1/s1. The Bertz CT molecular complexity index is 175. The quantitative estimate of drug-likeness (QED) is 0.599. The van der Waals surface area contributed by atoms with E-state index in [1.807, 2.05) is 0 Å². The summed E-state index contributed by atoms with van der Waals surface area (Å²) >= 11 is 0. The van der Waals surface area contributed by atoms with Gasteiger partial charge in [-0.05, 0) is 0 Å². The first-order chi connectivity index (χ1) is 6.24. The largest absolute Gasteiger partial charge is 0.481 e. The van der Waals surface area contributed by atoms with Crippen molar-refractivity contribution in [3.8, 4) is 0 Å². The first-order valence-corrected chi connectivity index (χ1v) is 4.47. The maximum absolute atomic E-state index is 10.3. The monoisotopic (exact) mass is 188 g/mol. The Labute approximate surface area is 77.5 Å². The van der Waals surface area contributed by atoms with E-state index in [1.54, 1.807) is 0 Å². The minimum atomic E-state index is -0.762. The van der Waals surface area contributed by atoms with Gasteiger partial charge in [-0.15, -0.1) is 0 Å². The lowest BCUT2D eigenvalue weighted by atomic mass is 10.2. The SMILES string of the molecule is NC[C@@H]1COCCN1CCC(=O)O. The normalized spacial score (nSPS) is 24.5. The van der Waals surface area contributed by atoms with Crippen molar-refractivity contribution in [2.24, 2.45) is 5.73 Å². The van der Waals surface area contributed by atoms with Gasteiger partial charge >= 0.3 is 5.97 Å². The Morgan fingerprint density at radius 3 is 3.08 bits per heavy atom. The molecule has 13 heavy (non-hydrogen) atoms. The molecule has 0 bridgehead atoms. The van der Waals surface area contributed by atoms with Gasteiger partial charge in [0.2, 0.25) is 0 Å². The molecule has 0 spiro atoms. The molecule has 1 saturated heterocycles. The molecule has 0 aliphatic carbocycles. The van der Waals surface area contributed by atoms with Crippen molar-refractivity contribution in [2.75, 3.05) is 32.8 Å². The Morgan fingerprint density at radius 2 is 2.46 bits per heavy atom. The van der Waals surface area contributed by atoms with Gasteiger partial charge < -0.3 is 15.6 Å². The van der Waals surface area contributed by atoms with Gasteiger partial charge in [0.15, 0.2) is 0 Å². The maximum atomic E-state index is 10.3. The van der Waals surface area contributed by atoms with Crippen LogP contribution < -0.4 is 5.73 Å². The molecular weight excluding hydrogens is 172 g/mol. The second-order valence-electron chi connectivity index (χ2n) is 3.14. The summed E-state index contributed by atoms with van der Waals surface area (Å²) in [6, 6.07) is 0.188. The fourth-order valence-electron chi connectivity index (χ4n) is 1.44. The molecule has 0 unspecified atom stereocenters. The van der Waals surface area contributed by atoms with Crippen LogP contribution in [0.2, 0.25) is 0 Å². The topological polar surface area (TPSA) is 75.8 Å². The van der Waals surface area contributed by atoms with Gasteiger partial charge in [0.1, 0.15) is 0 Å². The third-order valence-electron chi connectivity index (χ3n) is 2.23. The third-order valence-corrected chi connectivity index (χ3v) is 2.23. The number of ether oxygens (including phenoxy) is 1. The zero-order chi connectivity index (χ0) is 9.68. The Balaban J connectivity index is 2.31. The van der Waals surface area contributed by atoms with E-state index < -0.39 is 5.97 Å². The average Bonchev–Trinajstić information content (AvgIpc) is 2.15. The van der Waals surface area contributed by atoms with Crippen LogP contribution in [-0.4, -0.2) is 54.9 Å². The minimum absolute atomic E-state index is 0.177. The van der Waals surface area contributed by atoms with E-state index in [-0.39, 0.29) is 12.5 Å². The minimum Gasteiger partial charge on any atom is -0.481 e. The van der Waals surface area contributed by atoms with E-state index in [2.05, 4.69) is 4.90 Å². The van der Waals surface area contributed by atoms with E-state index in [4.69, 9.17) is 15.6 Å². The molecule has 76 valence electrons. The highest BCUT2D eigenvalue weighted by molar-refractivity contribution is 5.66. The molecule has 1 atom stereocenters. The fourth-order valence-corrected chi connectivity index (χ4v) is 1.44. The summed E-state index contributed by atoms with van der Waals surface area (Å²) < 4.78 is 5.24. The van der Waals surface area contributed by atoms with Crippen LogP contribution in [0.5, 0.6) is 0 Å². The van der Waals surface area contributed by atoms with Crippen molar-refractivity contribution in [2.45, 2.75) is 12.5 Å². The average molecular weight is 188 g/mol. The molecule has 1 aliphatic heterocycles. The predicted molar refractivity (Wildman–Crippen MR) is 47.5 cm³/mol. The Morgan fingerprint density at radius 1 is 1.69 bits per heavy atom. The van der Waals surface area contributed by atoms with Gasteiger partial charge in [0, 0.05) is 25.7 Å². The molecule has 0 aromatic heterocycles. The van der Waals surface area contributed by atoms with Crippen LogP contribution in [0.3, 0.4) is 0 Å². The van der Waals surface area contributed by atoms with Crippen LogP contribution in [0.4, 0.5) is 0 Å². The lowest BCUT2D eigenvalue weighted by Crippen LogP contribution is -2.49. The van der Waals surface area contributed by atoms with Crippen LogP contribution in [0, 0.1) is 0 Å². The van der Waals surface area contributed by atoms with Crippen molar-refractivity contribution < 1.29 is 14.6 Å². The number of morpholine rings is 1. The summed E-state index contributed by atoms with van der Waals surface area (Å²) in [7, 11) is 0. The lowest BCUT2D eigenvalue weighted by Gasteiger charge is -2.34. The molecule has 0 amide bonds. The van der Waals surface area contributed by atoms with Crippen LogP contribution in [0.15, 0.2) is 0 Å². The smallest absolute Gasteiger partial charge is 0.304 e. The van der Waals surface area contributed by atoms with E-state index in [9.17, 15) is 4.79 Å².